The highest BCUT2D eigenvalue weighted by Gasteiger charge is 2.12. The fraction of sp³-hybridized carbons (Fsp3) is 0.250. The van der Waals surface area contributed by atoms with Gasteiger partial charge in [-0.1, -0.05) is 30.3 Å². The van der Waals surface area contributed by atoms with Crippen molar-refractivity contribution in [1.82, 2.24) is 25.1 Å². The molecule has 1 N–H and O–H groups in total. The Hall–Kier alpha value is -2.12. The second-order valence-corrected chi connectivity index (χ2v) is 6.49. The number of nitrogens with one attached hydrogen (secondary N) is 1. The third-order valence-electron chi connectivity index (χ3n) is 3.31. The standard InChI is InChI=1S/C16H16ClN5OS/c1-2-7-18-14(23)9-24-16-13-8-21-22(15(13)19-10-20-16)12-5-3-11(17)4-6-12/h3-6,8,10H,2,7,9H2,1H3,(H,18,23). The molecule has 2 heterocycles. The van der Waals surface area contributed by atoms with E-state index in [9.17, 15) is 4.79 Å². The van der Waals surface area contributed by atoms with Crippen molar-refractivity contribution in [3.63, 3.8) is 0 Å². The van der Waals surface area contributed by atoms with E-state index in [2.05, 4.69) is 20.4 Å². The van der Waals surface area contributed by atoms with Gasteiger partial charge in [-0.15, -0.1) is 0 Å². The number of halogens is 1. The Labute approximate surface area is 148 Å². The largest absolute Gasteiger partial charge is 0.355 e. The van der Waals surface area contributed by atoms with Crippen LogP contribution in [0.3, 0.4) is 0 Å². The molecule has 24 heavy (non-hydrogen) atoms. The maximum Gasteiger partial charge on any atom is 0.230 e. The first-order chi connectivity index (χ1) is 11.7. The molecule has 1 aromatic carbocycles. The molecule has 0 bridgehead atoms. The average Bonchev–Trinajstić information content (AvgIpc) is 3.03. The van der Waals surface area contributed by atoms with E-state index in [1.165, 1.54) is 18.1 Å². The Kier molecular flexibility index (Phi) is 5.32. The number of thioether (sulfide) groups is 1. The molecular formula is C16H16ClN5OS. The predicted octanol–water partition coefficient (Wildman–Crippen LogP) is 3.09. The first-order valence-electron chi connectivity index (χ1n) is 7.53. The molecule has 124 valence electrons. The van der Waals surface area contributed by atoms with E-state index in [0.717, 1.165) is 22.5 Å². The Balaban J connectivity index is 1.84. The fourth-order valence-electron chi connectivity index (χ4n) is 2.16. The van der Waals surface area contributed by atoms with Crippen LogP contribution in [0, 0.1) is 0 Å². The number of rotatable bonds is 6. The van der Waals surface area contributed by atoms with E-state index in [0.29, 0.717) is 23.0 Å². The Morgan fingerprint density at radius 3 is 2.83 bits per heavy atom. The van der Waals surface area contributed by atoms with Crippen molar-refractivity contribution in [3.05, 3.63) is 41.8 Å². The van der Waals surface area contributed by atoms with Crippen molar-refractivity contribution < 1.29 is 4.79 Å². The van der Waals surface area contributed by atoms with Crippen LogP contribution in [0.4, 0.5) is 0 Å². The monoisotopic (exact) mass is 361 g/mol. The minimum Gasteiger partial charge on any atom is -0.355 e. The first kappa shape index (κ1) is 16.7. The Bertz CT molecular complexity index is 849. The molecule has 0 aliphatic heterocycles. The zero-order valence-corrected chi connectivity index (χ0v) is 14.6. The molecule has 0 unspecified atom stereocenters. The normalized spacial score (nSPS) is 10.9. The fourth-order valence-corrected chi connectivity index (χ4v) is 3.08. The third-order valence-corrected chi connectivity index (χ3v) is 4.57. The number of aromatic nitrogens is 4. The molecule has 0 atom stereocenters. The van der Waals surface area contributed by atoms with Gasteiger partial charge in [0.25, 0.3) is 0 Å². The second kappa shape index (κ2) is 7.63. The van der Waals surface area contributed by atoms with Crippen LogP contribution >= 0.6 is 23.4 Å². The summed E-state index contributed by atoms with van der Waals surface area (Å²) in [5, 5.41) is 9.47. The summed E-state index contributed by atoms with van der Waals surface area (Å²) in [5.74, 6) is 0.316. The van der Waals surface area contributed by atoms with Crippen LogP contribution in [-0.4, -0.2) is 38.0 Å². The van der Waals surface area contributed by atoms with Gasteiger partial charge in [-0.2, -0.15) is 5.10 Å². The van der Waals surface area contributed by atoms with Gasteiger partial charge in [-0.25, -0.2) is 14.6 Å². The van der Waals surface area contributed by atoms with Crippen LogP contribution in [0.5, 0.6) is 0 Å². The number of amides is 1. The van der Waals surface area contributed by atoms with E-state index in [1.54, 1.807) is 23.0 Å². The molecule has 0 fully saturated rings. The maximum absolute atomic E-state index is 11.8. The van der Waals surface area contributed by atoms with Crippen molar-refractivity contribution in [1.29, 1.82) is 0 Å². The van der Waals surface area contributed by atoms with E-state index in [4.69, 9.17) is 11.6 Å². The van der Waals surface area contributed by atoms with E-state index < -0.39 is 0 Å². The lowest BCUT2D eigenvalue weighted by molar-refractivity contribution is -0.118. The molecule has 6 nitrogen and oxygen atoms in total. The highest BCUT2D eigenvalue weighted by molar-refractivity contribution is 8.00. The molecule has 8 heteroatoms. The molecule has 3 aromatic rings. The molecule has 0 spiro atoms. The summed E-state index contributed by atoms with van der Waals surface area (Å²) in [6, 6.07) is 7.36. The molecule has 2 aromatic heterocycles. The minimum atomic E-state index is -0.00120. The predicted molar refractivity (Wildman–Crippen MR) is 95.7 cm³/mol. The van der Waals surface area contributed by atoms with Crippen LogP contribution in [0.1, 0.15) is 13.3 Å². The summed E-state index contributed by atoms with van der Waals surface area (Å²) in [5.41, 5.74) is 1.56. The SMILES string of the molecule is CCCNC(=O)CSc1ncnc2c1cnn2-c1ccc(Cl)cc1. The molecule has 1 amide bonds. The highest BCUT2D eigenvalue weighted by Crippen LogP contribution is 2.26. The number of hydrogen-bond donors (Lipinski definition) is 1. The van der Waals surface area contributed by atoms with Crippen LogP contribution in [0.25, 0.3) is 16.7 Å². The molecule has 3 rings (SSSR count). The zero-order chi connectivity index (χ0) is 16.9. The number of hydrogen-bond acceptors (Lipinski definition) is 5. The van der Waals surface area contributed by atoms with Gasteiger partial charge in [-0.05, 0) is 30.7 Å². The van der Waals surface area contributed by atoms with Crippen molar-refractivity contribution in [2.75, 3.05) is 12.3 Å². The minimum absolute atomic E-state index is 0.00120. The van der Waals surface area contributed by atoms with Crippen LogP contribution in [-0.2, 0) is 4.79 Å². The van der Waals surface area contributed by atoms with Gasteiger partial charge in [0.2, 0.25) is 5.91 Å². The van der Waals surface area contributed by atoms with Gasteiger partial charge in [0.15, 0.2) is 5.65 Å². The second-order valence-electron chi connectivity index (χ2n) is 5.09. The van der Waals surface area contributed by atoms with Crippen molar-refractivity contribution in [2.45, 2.75) is 18.4 Å². The van der Waals surface area contributed by atoms with Crippen molar-refractivity contribution >= 4 is 40.3 Å². The Morgan fingerprint density at radius 2 is 2.08 bits per heavy atom. The maximum atomic E-state index is 11.8. The van der Waals surface area contributed by atoms with Crippen molar-refractivity contribution in [3.8, 4) is 5.69 Å². The number of nitrogens with zero attached hydrogens (tertiary/aromatic N) is 4. The third kappa shape index (κ3) is 3.68. The summed E-state index contributed by atoms with van der Waals surface area (Å²) in [6.45, 7) is 2.71. The van der Waals surface area contributed by atoms with Crippen LogP contribution < -0.4 is 5.32 Å². The Morgan fingerprint density at radius 1 is 1.29 bits per heavy atom. The number of carbonyl (C=O) groups excluding carboxylic acids is 1. The summed E-state index contributed by atoms with van der Waals surface area (Å²) in [7, 11) is 0. The van der Waals surface area contributed by atoms with E-state index in [-0.39, 0.29) is 5.91 Å². The lowest BCUT2D eigenvalue weighted by Crippen LogP contribution is -2.25. The molecule has 0 saturated heterocycles. The number of carbonyl (C=O) groups is 1. The van der Waals surface area contributed by atoms with Gasteiger partial charge in [0.05, 0.1) is 23.0 Å². The van der Waals surface area contributed by atoms with Gasteiger partial charge in [0.1, 0.15) is 11.4 Å². The number of fused-ring (bicyclic) bond motifs is 1. The first-order valence-corrected chi connectivity index (χ1v) is 8.89. The van der Waals surface area contributed by atoms with Gasteiger partial charge < -0.3 is 5.32 Å². The highest BCUT2D eigenvalue weighted by atomic mass is 35.5. The summed E-state index contributed by atoms with van der Waals surface area (Å²) >= 11 is 7.31. The van der Waals surface area contributed by atoms with Gasteiger partial charge >= 0.3 is 0 Å². The summed E-state index contributed by atoms with van der Waals surface area (Å²) < 4.78 is 1.73. The molecular weight excluding hydrogens is 346 g/mol. The lowest BCUT2D eigenvalue weighted by atomic mass is 10.3. The van der Waals surface area contributed by atoms with E-state index in [1.807, 2.05) is 19.1 Å². The van der Waals surface area contributed by atoms with Gasteiger partial charge in [0, 0.05) is 11.6 Å². The zero-order valence-electron chi connectivity index (χ0n) is 13.1. The quantitative estimate of drug-likeness (QED) is 0.539. The van der Waals surface area contributed by atoms with E-state index >= 15 is 0 Å². The van der Waals surface area contributed by atoms with Gasteiger partial charge in [-0.3, -0.25) is 4.79 Å². The molecule has 0 radical (unpaired) electrons. The topological polar surface area (TPSA) is 72.7 Å². The van der Waals surface area contributed by atoms with Crippen LogP contribution in [0.15, 0.2) is 41.8 Å². The average molecular weight is 362 g/mol. The number of benzene rings is 1. The molecule has 0 aliphatic rings. The smallest absolute Gasteiger partial charge is 0.230 e. The van der Waals surface area contributed by atoms with Crippen molar-refractivity contribution in [2.24, 2.45) is 0 Å². The molecule has 0 saturated carbocycles. The summed E-state index contributed by atoms with van der Waals surface area (Å²) in [6.07, 6.45) is 4.13. The molecule has 0 aliphatic carbocycles. The van der Waals surface area contributed by atoms with Crippen LogP contribution in [0.2, 0.25) is 5.02 Å². The lowest BCUT2D eigenvalue weighted by Gasteiger charge is -2.05. The summed E-state index contributed by atoms with van der Waals surface area (Å²) in [4.78, 5) is 20.4.